The Labute approximate surface area is 221 Å². The van der Waals surface area contributed by atoms with Crippen LogP contribution in [0.2, 0.25) is 0 Å². The third-order valence-electron chi connectivity index (χ3n) is 6.46. The van der Waals surface area contributed by atoms with Crippen molar-refractivity contribution in [3.8, 4) is 17.2 Å². The van der Waals surface area contributed by atoms with Gasteiger partial charge in [0.1, 0.15) is 17.6 Å². The van der Waals surface area contributed by atoms with Crippen molar-refractivity contribution in [3.05, 3.63) is 68.3 Å². The standard InChI is InChI=1S/C27H31IO6S/c1-3-7-18(12-19-13-22(28)27(29)24(14-19)32-2)10-11-23-26-20(15-33-21-8-5-4-6-9-21)17-35(30,31)25(26)16-34-23/h4-6,8-9,12-14,23,25,29H,3,7,10-11,15-17H2,1-2H3/b18-12+/t23-,25+/m1/s1. The lowest BCUT2D eigenvalue weighted by Crippen LogP contribution is -2.19. The van der Waals surface area contributed by atoms with E-state index in [9.17, 15) is 13.5 Å². The fourth-order valence-corrected chi connectivity index (χ4v) is 7.35. The van der Waals surface area contributed by atoms with Crippen molar-refractivity contribution >= 4 is 38.5 Å². The van der Waals surface area contributed by atoms with E-state index >= 15 is 0 Å². The first-order chi connectivity index (χ1) is 16.8. The maximum Gasteiger partial charge on any atom is 0.171 e. The Morgan fingerprint density at radius 2 is 2.00 bits per heavy atom. The van der Waals surface area contributed by atoms with Crippen LogP contribution in [0, 0.1) is 3.57 Å². The Morgan fingerprint density at radius 1 is 1.23 bits per heavy atom. The van der Waals surface area contributed by atoms with Gasteiger partial charge < -0.3 is 19.3 Å². The minimum absolute atomic E-state index is 0.0447. The van der Waals surface area contributed by atoms with Crippen molar-refractivity contribution < 1.29 is 27.7 Å². The molecule has 0 amide bonds. The van der Waals surface area contributed by atoms with E-state index in [0.29, 0.717) is 12.2 Å². The van der Waals surface area contributed by atoms with Crippen LogP contribution in [0.3, 0.4) is 0 Å². The molecule has 6 nitrogen and oxygen atoms in total. The first-order valence-corrected chi connectivity index (χ1v) is 14.6. The van der Waals surface area contributed by atoms with E-state index in [0.717, 1.165) is 45.3 Å². The van der Waals surface area contributed by atoms with Crippen molar-refractivity contribution in [2.45, 2.75) is 44.0 Å². The average Bonchev–Trinajstić information content (AvgIpc) is 3.38. The lowest BCUT2D eigenvalue weighted by atomic mass is 9.95. The Hall–Kier alpha value is -2.04. The second-order valence-corrected chi connectivity index (χ2v) is 12.3. The molecule has 0 aliphatic carbocycles. The summed E-state index contributed by atoms with van der Waals surface area (Å²) in [6.45, 7) is 2.62. The predicted molar refractivity (Wildman–Crippen MR) is 146 cm³/mol. The van der Waals surface area contributed by atoms with Crippen molar-refractivity contribution in [2.75, 3.05) is 26.1 Å². The molecule has 2 heterocycles. The van der Waals surface area contributed by atoms with Crippen molar-refractivity contribution in [2.24, 2.45) is 0 Å². The molecule has 0 unspecified atom stereocenters. The van der Waals surface area contributed by atoms with Gasteiger partial charge in [-0.3, -0.25) is 0 Å². The average molecular weight is 611 g/mol. The first-order valence-electron chi connectivity index (χ1n) is 11.8. The summed E-state index contributed by atoms with van der Waals surface area (Å²) in [6.07, 6.45) is 5.35. The van der Waals surface area contributed by atoms with Gasteiger partial charge in [0, 0.05) is 0 Å². The zero-order valence-corrected chi connectivity index (χ0v) is 23.0. The van der Waals surface area contributed by atoms with E-state index in [2.05, 4.69) is 35.6 Å². The minimum atomic E-state index is -3.26. The van der Waals surface area contributed by atoms with Gasteiger partial charge in [0.2, 0.25) is 0 Å². The molecule has 2 atom stereocenters. The second-order valence-electron chi connectivity index (χ2n) is 8.92. The van der Waals surface area contributed by atoms with Crippen molar-refractivity contribution in [3.63, 3.8) is 0 Å². The van der Waals surface area contributed by atoms with E-state index < -0.39 is 15.1 Å². The molecule has 35 heavy (non-hydrogen) atoms. The number of para-hydroxylation sites is 1. The summed E-state index contributed by atoms with van der Waals surface area (Å²) >= 11 is 2.10. The van der Waals surface area contributed by atoms with Crippen LogP contribution in [0.15, 0.2) is 59.2 Å². The molecule has 1 saturated heterocycles. The Morgan fingerprint density at radius 3 is 2.71 bits per heavy atom. The fourth-order valence-electron chi connectivity index (χ4n) is 4.80. The van der Waals surface area contributed by atoms with Crippen LogP contribution in [0.4, 0.5) is 0 Å². The SMILES string of the molecule is CCC/C(=C\c1cc(I)c(O)c(OC)c1)CC[C@H]1OC[C@H]2C1=C(COc1ccccc1)CS2(=O)=O. The molecule has 1 N–H and O–H groups in total. The van der Waals surface area contributed by atoms with Gasteiger partial charge >= 0.3 is 0 Å². The molecule has 2 aromatic carbocycles. The highest BCUT2D eigenvalue weighted by Gasteiger charge is 2.47. The number of phenolic OH excluding ortho intramolecular Hbond substituents is 1. The molecule has 0 aromatic heterocycles. The van der Waals surface area contributed by atoms with Crippen LogP contribution in [0.1, 0.15) is 38.2 Å². The molecule has 0 bridgehead atoms. The molecule has 1 fully saturated rings. The summed E-state index contributed by atoms with van der Waals surface area (Å²) < 4.78 is 43.5. The summed E-state index contributed by atoms with van der Waals surface area (Å²) in [5.41, 5.74) is 3.96. The van der Waals surface area contributed by atoms with Gasteiger partial charge in [-0.25, -0.2) is 8.42 Å². The number of methoxy groups -OCH3 is 1. The lowest BCUT2D eigenvalue weighted by Gasteiger charge is -2.16. The Bertz CT molecular complexity index is 1220. The Balaban J connectivity index is 1.52. The number of aromatic hydroxyl groups is 1. The number of allylic oxidation sites excluding steroid dienone is 1. The zero-order chi connectivity index (χ0) is 25.0. The minimum Gasteiger partial charge on any atom is -0.504 e. The van der Waals surface area contributed by atoms with Gasteiger partial charge in [0.25, 0.3) is 0 Å². The van der Waals surface area contributed by atoms with Crippen LogP contribution in [0.25, 0.3) is 6.08 Å². The molecule has 0 saturated carbocycles. The third kappa shape index (κ3) is 6.03. The third-order valence-corrected chi connectivity index (χ3v) is 9.29. The molecule has 2 aromatic rings. The molecular formula is C27H31IO6S. The van der Waals surface area contributed by atoms with Gasteiger partial charge in [-0.1, -0.05) is 43.2 Å². The molecule has 2 aliphatic rings. The van der Waals surface area contributed by atoms with Gasteiger partial charge in [-0.05, 0) is 82.8 Å². The van der Waals surface area contributed by atoms with Gasteiger partial charge in [-0.15, -0.1) is 0 Å². The first kappa shape index (κ1) is 26.0. The number of hydrogen-bond acceptors (Lipinski definition) is 6. The molecular weight excluding hydrogens is 579 g/mol. The molecule has 0 radical (unpaired) electrons. The predicted octanol–water partition coefficient (Wildman–Crippen LogP) is 5.54. The molecule has 0 spiro atoms. The van der Waals surface area contributed by atoms with Gasteiger partial charge in [0.05, 0.1) is 29.1 Å². The largest absolute Gasteiger partial charge is 0.504 e. The number of hydrogen-bond donors (Lipinski definition) is 1. The highest BCUT2D eigenvalue weighted by molar-refractivity contribution is 14.1. The maximum absolute atomic E-state index is 12.8. The monoisotopic (exact) mass is 610 g/mol. The summed E-state index contributed by atoms with van der Waals surface area (Å²) in [6, 6.07) is 13.2. The fraction of sp³-hybridized carbons (Fsp3) is 0.407. The van der Waals surface area contributed by atoms with Crippen molar-refractivity contribution in [1.82, 2.24) is 0 Å². The molecule has 8 heteroatoms. The van der Waals surface area contributed by atoms with E-state index in [4.69, 9.17) is 14.2 Å². The number of phenols is 1. The molecule has 4 rings (SSSR count). The summed E-state index contributed by atoms with van der Waals surface area (Å²) in [5, 5.41) is 9.59. The van der Waals surface area contributed by atoms with Gasteiger partial charge in [-0.2, -0.15) is 0 Å². The summed E-state index contributed by atoms with van der Waals surface area (Å²) in [4.78, 5) is 0. The normalized spacial score (nSPS) is 21.3. The highest BCUT2D eigenvalue weighted by Crippen LogP contribution is 2.39. The van der Waals surface area contributed by atoms with E-state index in [-0.39, 0.29) is 30.8 Å². The smallest absolute Gasteiger partial charge is 0.171 e. The Kier molecular flexibility index (Phi) is 8.44. The summed E-state index contributed by atoms with van der Waals surface area (Å²) in [5.74, 6) is 1.37. The lowest BCUT2D eigenvalue weighted by molar-refractivity contribution is 0.117. The quantitative estimate of drug-likeness (QED) is 0.281. The van der Waals surface area contributed by atoms with Crippen LogP contribution in [-0.2, 0) is 14.6 Å². The van der Waals surface area contributed by atoms with Crippen LogP contribution < -0.4 is 9.47 Å². The van der Waals surface area contributed by atoms with Crippen LogP contribution >= 0.6 is 22.6 Å². The van der Waals surface area contributed by atoms with Gasteiger partial charge in [0.15, 0.2) is 21.3 Å². The highest BCUT2D eigenvalue weighted by atomic mass is 127. The van der Waals surface area contributed by atoms with Crippen molar-refractivity contribution in [1.29, 1.82) is 0 Å². The molecule has 188 valence electrons. The van der Waals surface area contributed by atoms with Crippen LogP contribution in [0.5, 0.6) is 17.2 Å². The second kappa shape index (κ2) is 11.3. The number of benzene rings is 2. The zero-order valence-electron chi connectivity index (χ0n) is 20.0. The molecule has 2 aliphatic heterocycles. The van der Waals surface area contributed by atoms with E-state index in [1.165, 1.54) is 5.57 Å². The number of ether oxygens (including phenoxy) is 3. The topological polar surface area (TPSA) is 82.1 Å². The maximum atomic E-state index is 12.8. The summed E-state index contributed by atoms with van der Waals surface area (Å²) in [7, 11) is -1.71. The number of halogens is 1. The number of fused-ring (bicyclic) bond motifs is 1. The van der Waals surface area contributed by atoms with E-state index in [1.54, 1.807) is 7.11 Å². The number of rotatable bonds is 10. The van der Waals surface area contributed by atoms with E-state index in [1.807, 2.05) is 42.5 Å². The van der Waals surface area contributed by atoms with Crippen LogP contribution in [-0.4, -0.2) is 51.0 Å². The number of sulfone groups is 1.